The van der Waals surface area contributed by atoms with Gasteiger partial charge in [-0.05, 0) is 101 Å². The number of fused-ring (bicyclic) bond motifs is 3. The fourth-order valence-electron chi connectivity index (χ4n) is 7.52. The van der Waals surface area contributed by atoms with Crippen LogP contribution in [-0.2, 0) is 22.4 Å². The van der Waals surface area contributed by atoms with E-state index in [2.05, 4.69) is 36.4 Å². The molecule has 2 aliphatic heterocycles. The number of carboxylic acids is 1. The zero-order valence-corrected chi connectivity index (χ0v) is 31.2. The van der Waals surface area contributed by atoms with Crippen molar-refractivity contribution in [3.8, 4) is 0 Å². The molecule has 3 N–H and O–H groups in total. The molecular formula is C40H35Cl2N3O5S2. The summed E-state index contributed by atoms with van der Waals surface area (Å²) in [6, 6.07) is 22.2. The van der Waals surface area contributed by atoms with Gasteiger partial charge in [0.15, 0.2) is 0 Å². The highest BCUT2D eigenvalue weighted by Crippen LogP contribution is 2.50. The maximum atomic E-state index is 12.8. The Bertz CT molecular complexity index is 2400. The number of hydrogen-bond acceptors (Lipinski definition) is 6. The van der Waals surface area contributed by atoms with E-state index < -0.39 is 24.0 Å². The number of pyridine rings is 2. The van der Waals surface area contributed by atoms with Gasteiger partial charge in [-0.1, -0.05) is 77.8 Å². The number of aromatic nitrogens is 2. The molecule has 266 valence electrons. The summed E-state index contributed by atoms with van der Waals surface area (Å²) >= 11 is 15.5. The van der Waals surface area contributed by atoms with Crippen LogP contribution in [-0.4, -0.2) is 37.6 Å². The monoisotopic (exact) mass is 771 g/mol. The molecule has 0 radical (unpaired) electrons. The van der Waals surface area contributed by atoms with E-state index in [9.17, 15) is 24.3 Å². The second-order valence-corrected chi connectivity index (χ2v) is 16.6. The van der Waals surface area contributed by atoms with Crippen molar-refractivity contribution < 1.29 is 14.7 Å². The van der Waals surface area contributed by atoms with Crippen LogP contribution >= 0.6 is 46.7 Å². The van der Waals surface area contributed by atoms with Gasteiger partial charge in [-0.3, -0.25) is 23.5 Å². The first kappa shape index (κ1) is 35.1. The molecule has 2 saturated carbocycles. The van der Waals surface area contributed by atoms with E-state index >= 15 is 0 Å². The van der Waals surface area contributed by atoms with Crippen LogP contribution in [0.1, 0.15) is 83.0 Å². The number of nitrogens with zero attached hydrogens (tertiary/aromatic N) is 2. The van der Waals surface area contributed by atoms with Crippen molar-refractivity contribution in [1.82, 2.24) is 9.13 Å². The van der Waals surface area contributed by atoms with Crippen molar-refractivity contribution in [2.75, 3.05) is 11.5 Å². The topological polar surface area (TPSA) is 124 Å². The van der Waals surface area contributed by atoms with E-state index in [4.69, 9.17) is 28.9 Å². The predicted octanol–water partition coefficient (Wildman–Crippen LogP) is 7.96. The van der Waals surface area contributed by atoms with Crippen molar-refractivity contribution in [1.29, 1.82) is 0 Å². The Hall–Kier alpha value is -3.96. The number of hydrogen-bond donors (Lipinski definition) is 2. The molecule has 0 saturated heterocycles. The number of benzene rings is 3. The van der Waals surface area contributed by atoms with E-state index in [0.717, 1.165) is 64.4 Å². The van der Waals surface area contributed by atoms with Crippen molar-refractivity contribution in [2.24, 2.45) is 5.73 Å². The van der Waals surface area contributed by atoms with Crippen molar-refractivity contribution >= 4 is 69.4 Å². The van der Waals surface area contributed by atoms with Crippen molar-refractivity contribution in [3.63, 3.8) is 0 Å². The van der Waals surface area contributed by atoms with Crippen LogP contribution in [0.2, 0.25) is 10.0 Å². The lowest BCUT2D eigenvalue weighted by atomic mass is 9.95. The second kappa shape index (κ2) is 14.1. The van der Waals surface area contributed by atoms with Crippen LogP contribution in [0, 0.1) is 0 Å². The lowest BCUT2D eigenvalue weighted by molar-refractivity contribution is -0.140. The third-order valence-corrected chi connectivity index (χ3v) is 13.5. The van der Waals surface area contributed by atoms with Crippen LogP contribution < -0.4 is 16.9 Å². The first-order chi connectivity index (χ1) is 25.1. The highest BCUT2D eigenvalue weighted by atomic mass is 35.5. The van der Waals surface area contributed by atoms with Crippen molar-refractivity contribution in [3.05, 3.63) is 137 Å². The van der Waals surface area contributed by atoms with E-state index in [1.807, 2.05) is 18.2 Å². The molecule has 0 unspecified atom stereocenters. The molecule has 3 aromatic carbocycles. The summed E-state index contributed by atoms with van der Waals surface area (Å²) in [4.78, 5) is 48.7. The number of carbonyl (C=O) groups is 2. The molecule has 2 atom stereocenters. The average Bonchev–Trinajstić information content (AvgIpc) is 4.04. The van der Waals surface area contributed by atoms with Gasteiger partial charge < -0.3 is 10.8 Å². The largest absolute Gasteiger partial charge is 0.480 e. The summed E-state index contributed by atoms with van der Waals surface area (Å²) in [6.45, 7) is 0. The van der Waals surface area contributed by atoms with E-state index in [0.29, 0.717) is 39.8 Å². The third kappa shape index (κ3) is 6.59. The molecule has 9 rings (SSSR count). The Morgan fingerprint density at radius 3 is 1.83 bits per heavy atom. The average molecular weight is 773 g/mol. The quantitative estimate of drug-likeness (QED) is 0.164. The molecule has 1 amide bonds. The van der Waals surface area contributed by atoms with Crippen LogP contribution in [0.25, 0.3) is 10.8 Å². The van der Waals surface area contributed by atoms with Gasteiger partial charge in [0.1, 0.15) is 12.1 Å². The fourth-order valence-corrected chi connectivity index (χ4v) is 10.8. The van der Waals surface area contributed by atoms with E-state index in [-0.39, 0.29) is 11.1 Å². The Kier molecular flexibility index (Phi) is 9.53. The number of thioether (sulfide) groups is 2. The number of aliphatic carboxylic acids is 1. The molecule has 2 aromatic heterocycles. The molecule has 2 fully saturated rings. The summed E-state index contributed by atoms with van der Waals surface area (Å²) in [7, 11) is 0. The first-order valence-electron chi connectivity index (χ1n) is 17.3. The standard InChI is InChI=1S/C22H20N2O2S.C18H15Cl2NO3S/c23-21(26)18-12-27-22-20(14-8-9-14)16(11-19(25)24(18)22)10-15-6-3-5-13-4-1-2-7-17(13)15;19-12-3-1-2-10(16(12)20)6-11-7-14(22)21-13(18(23)24)8-25-17(21)15(11)9-4-5-9/h1-7,11,14,18H,8-10,12H2,(H2,23,26);1-3,7,9,13H,4-6,8H2,(H,23,24)/t18-;13-/m00/s1. The van der Waals surface area contributed by atoms with Crippen molar-refractivity contribution in [2.45, 2.75) is 72.5 Å². The lowest BCUT2D eigenvalue weighted by Crippen LogP contribution is -2.33. The molecule has 0 spiro atoms. The molecule has 0 bridgehead atoms. The summed E-state index contributed by atoms with van der Waals surface area (Å²) in [6.07, 6.45) is 5.69. The first-order valence-corrected chi connectivity index (χ1v) is 20.1. The van der Waals surface area contributed by atoms with Gasteiger partial charge in [-0.25, -0.2) is 4.79 Å². The van der Waals surface area contributed by atoms with Gasteiger partial charge in [-0.2, -0.15) is 0 Å². The van der Waals surface area contributed by atoms with Crippen LogP contribution in [0.3, 0.4) is 0 Å². The number of carboxylic acid groups (broad SMARTS) is 1. The van der Waals surface area contributed by atoms with Crippen LogP contribution in [0.5, 0.6) is 0 Å². The van der Waals surface area contributed by atoms with Crippen LogP contribution in [0.4, 0.5) is 0 Å². The minimum Gasteiger partial charge on any atom is -0.480 e. The van der Waals surface area contributed by atoms with Gasteiger partial charge >= 0.3 is 5.97 Å². The molecule has 5 aromatic rings. The number of amides is 1. The predicted molar refractivity (Wildman–Crippen MR) is 208 cm³/mol. The van der Waals surface area contributed by atoms with Gasteiger partial charge in [-0.15, -0.1) is 23.5 Å². The van der Waals surface area contributed by atoms with Gasteiger partial charge in [0.05, 0.1) is 20.1 Å². The SMILES string of the molecule is NC(=O)[C@@H]1CSc2c(C3CC3)c(Cc3cccc4ccccc34)cc(=O)n21.O=C(O)[C@@H]1CSc2c(C3CC3)c(Cc3cccc(Cl)c3Cl)cc(=O)n21. The molecular weight excluding hydrogens is 737 g/mol. The number of carbonyl (C=O) groups excluding carboxylic acids is 1. The number of nitrogens with two attached hydrogens (primary N) is 1. The maximum Gasteiger partial charge on any atom is 0.327 e. The van der Waals surface area contributed by atoms with Crippen LogP contribution in [0.15, 0.2) is 92.4 Å². The smallest absolute Gasteiger partial charge is 0.327 e. The third-order valence-electron chi connectivity index (χ3n) is 10.3. The summed E-state index contributed by atoms with van der Waals surface area (Å²) in [5, 5.41) is 14.6. The van der Waals surface area contributed by atoms with E-state index in [1.165, 1.54) is 38.2 Å². The highest BCUT2D eigenvalue weighted by Gasteiger charge is 2.39. The van der Waals surface area contributed by atoms with Gasteiger partial charge in [0.25, 0.3) is 11.1 Å². The molecule has 4 aliphatic rings. The second-order valence-electron chi connectivity index (χ2n) is 13.8. The number of halogens is 2. The Morgan fingerprint density at radius 1 is 0.712 bits per heavy atom. The molecule has 8 nitrogen and oxygen atoms in total. The zero-order valence-electron chi connectivity index (χ0n) is 28.0. The number of primary amides is 1. The zero-order chi connectivity index (χ0) is 36.3. The maximum absolute atomic E-state index is 12.8. The molecule has 12 heteroatoms. The normalized spacial score (nSPS) is 18.8. The highest BCUT2D eigenvalue weighted by molar-refractivity contribution is 7.99. The number of rotatable bonds is 8. The molecule has 4 heterocycles. The summed E-state index contributed by atoms with van der Waals surface area (Å²) in [5.41, 5.74) is 11.7. The van der Waals surface area contributed by atoms with Gasteiger partial charge in [0, 0.05) is 23.6 Å². The molecule has 52 heavy (non-hydrogen) atoms. The van der Waals surface area contributed by atoms with E-state index in [1.54, 1.807) is 34.5 Å². The minimum atomic E-state index is -0.958. The Morgan fingerprint density at radius 2 is 1.23 bits per heavy atom. The Labute approximate surface area is 318 Å². The minimum absolute atomic E-state index is 0.113. The Balaban J connectivity index is 0.000000149. The van der Waals surface area contributed by atoms with Gasteiger partial charge in [0.2, 0.25) is 5.91 Å². The summed E-state index contributed by atoms with van der Waals surface area (Å²) < 4.78 is 3.08. The summed E-state index contributed by atoms with van der Waals surface area (Å²) in [5.74, 6) is 0.465. The fraction of sp³-hybridized carbons (Fsp3) is 0.300. The molecule has 2 aliphatic carbocycles. The lowest BCUT2D eigenvalue weighted by Gasteiger charge is -2.17.